The Balaban J connectivity index is 2.02. The van der Waals surface area contributed by atoms with E-state index in [0.29, 0.717) is 12.1 Å². The Morgan fingerprint density at radius 1 is 1.35 bits per heavy atom. The van der Waals surface area contributed by atoms with Crippen LogP contribution in [-0.4, -0.2) is 35.1 Å². The number of nitrogens with one attached hydrogen (secondary N) is 1. The summed E-state index contributed by atoms with van der Waals surface area (Å²) in [6.45, 7) is 10.3. The summed E-state index contributed by atoms with van der Waals surface area (Å²) in [5.74, 6) is 0.748. The van der Waals surface area contributed by atoms with Crippen LogP contribution in [0.25, 0.3) is 0 Å². The number of piperazine rings is 1. The largest absolute Gasteiger partial charge is 0.311 e. The number of rotatable bonds is 6. The zero-order chi connectivity index (χ0) is 14.4. The summed E-state index contributed by atoms with van der Waals surface area (Å²) in [6.07, 6.45) is 7.59. The van der Waals surface area contributed by atoms with Crippen LogP contribution >= 0.6 is 0 Å². The van der Waals surface area contributed by atoms with Gasteiger partial charge in [-0.1, -0.05) is 33.6 Å². The van der Waals surface area contributed by atoms with E-state index < -0.39 is 0 Å². The molecule has 1 aliphatic rings. The smallest absolute Gasteiger partial charge is 0.0271 e. The van der Waals surface area contributed by atoms with Gasteiger partial charge in [0.1, 0.15) is 0 Å². The molecule has 0 aromatic carbocycles. The molecule has 3 atom stereocenters. The van der Waals surface area contributed by atoms with Gasteiger partial charge in [-0.2, -0.15) is 0 Å². The van der Waals surface area contributed by atoms with Gasteiger partial charge in [-0.3, -0.25) is 9.88 Å². The second-order valence-electron chi connectivity index (χ2n) is 6.13. The minimum absolute atomic E-state index is 0.634. The van der Waals surface area contributed by atoms with Gasteiger partial charge in [0.2, 0.25) is 0 Å². The van der Waals surface area contributed by atoms with Crippen LogP contribution in [0.4, 0.5) is 0 Å². The van der Waals surface area contributed by atoms with Crippen molar-refractivity contribution in [2.75, 3.05) is 13.1 Å². The van der Waals surface area contributed by atoms with E-state index >= 15 is 0 Å². The van der Waals surface area contributed by atoms with Crippen molar-refractivity contribution in [2.45, 2.75) is 58.7 Å². The molecule has 1 saturated heterocycles. The molecule has 0 spiro atoms. The Morgan fingerprint density at radius 3 is 2.75 bits per heavy atom. The first kappa shape index (κ1) is 15.5. The molecule has 20 heavy (non-hydrogen) atoms. The average molecular weight is 275 g/mol. The summed E-state index contributed by atoms with van der Waals surface area (Å²) in [5.41, 5.74) is 1.38. The molecule has 1 aliphatic heterocycles. The minimum atomic E-state index is 0.634. The Bertz CT molecular complexity index is 379. The van der Waals surface area contributed by atoms with E-state index in [9.17, 15) is 0 Å². The maximum atomic E-state index is 4.12. The van der Waals surface area contributed by atoms with Crippen molar-refractivity contribution in [1.82, 2.24) is 15.2 Å². The standard InChI is InChI=1S/C17H29N3/c1-4-6-16-11-19-17(14(3)5-2)13-20(16)12-15-7-9-18-10-8-15/h7-10,14,16-17,19H,4-6,11-13H2,1-3H3. The van der Waals surface area contributed by atoms with Crippen LogP contribution in [0.3, 0.4) is 0 Å². The van der Waals surface area contributed by atoms with Crippen molar-refractivity contribution >= 4 is 0 Å². The highest BCUT2D eigenvalue weighted by Gasteiger charge is 2.29. The average Bonchev–Trinajstić information content (AvgIpc) is 2.49. The topological polar surface area (TPSA) is 28.2 Å². The Hall–Kier alpha value is -0.930. The summed E-state index contributed by atoms with van der Waals surface area (Å²) >= 11 is 0. The SMILES string of the molecule is CCCC1CNC(C(C)CC)CN1Cc1ccncc1. The lowest BCUT2D eigenvalue weighted by atomic mass is 9.94. The van der Waals surface area contributed by atoms with Crippen LogP contribution in [0.2, 0.25) is 0 Å². The molecule has 2 rings (SSSR count). The molecule has 3 unspecified atom stereocenters. The molecule has 2 heterocycles. The molecule has 1 aromatic rings. The molecule has 3 nitrogen and oxygen atoms in total. The molecule has 0 saturated carbocycles. The Morgan fingerprint density at radius 2 is 2.10 bits per heavy atom. The zero-order valence-electron chi connectivity index (χ0n) is 13.2. The second-order valence-corrected chi connectivity index (χ2v) is 6.13. The summed E-state index contributed by atoms with van der Waals surface area (Å²) < 4.78 is 0. The van der Waals surface area contributed by atoms with Gasteiger partial charge in [-0.05, 0) is 30.0 Å². The van der Waals surface area contributed by atoms with Crippen LogP contribution in [0.15, 0.2) is 24.5 Å². The monoisotopic (exact) mass is 275 g/mol. The fourth-order valence-corrected chi connectivity index (χ4v) is 3.08. The summed E-state index contributed by atoms with van der Waals surface area (Å²) in [7, 11) is 0. The van der Waals surface area contributed by atoms with Crippen molar-refractivity contribution in [2.24, 2.45) is 5.92 Å². The summed E-state index contributed by atoms with van der Waals surface area (Å²) in [4.78, 5) is 6.79. The predicted octanol–water partition coefficient (Wildman–Crippen LogP) is 3.07. The van der Waals surface area contributed by atoms with Gasteiger partial charge in [-0.25, -0.2) is 0 Å². The molecule has 112 valence electrons. The van der Waals surface area contributed by atoms with Crippen molar-refractivity contribution < 1.29 is 0 Å². The van der Waals surface area contributed by atoms with Crippen LogP contribution in [0.5, 0.6) is 0 Å². The van der Waals surface area contributed by atoms with E-state index in [1.54, 1.807) is 0 Å². The fraction of sp³-hybridized carbons (Fsp3) is 0.706. The molecule has 0 amide bonds. The van der Waals surface area contributed by atoms with E-state index in [0.717, 1.165) is 19.0 Å². The van der Waals surface area contributed by atoms with Gasteiger partial charge < -0.3 is 5.32 Å². The molecular weight excluding hydrogens is 246 g/mol. The van der Waals surface area contributed by atoms with E-state index in [-0.39, 0.29) is 0 Å². The van der Waals surface area contributed by atoms with Crippen LogP contribution in [-0.2, 0) is 6.54 Å². The molecule has 0 radical (unpaired) electrons. The van der Waals surface area contributed by atoms with Crippen molar-refractivity contribution in [3.8, 4) is 0 Å². The van der Waals surface area contributed by atoms with Gasteiger partial charge in [0, 0.05) is 44.1 Å². The third-order valence-corrected chi connectivity index (χ3v) is 4.65. The first-order valence-electron chi connectivity index (χ1n) is 8.10. The van der Waals surface area contributed by atoms with Crippen LogP contribution in [0, 0.1) is 5.92 Å². The van der Waals surface area contributed by atoms with Crippen molar-refractivity contribution in [3.05, 3.63) is 30.1 Å². The van der Waals surface area contributed by atoms with Gasteiger partial charge in [0.05, 0.1) is 0 Å². The van der Waals surface area contributed by atoms with Crippen LogP contribution in [0.1, 0.15) is 45.6 Å². The van der Waals surface area contributed by atoms with E-state index in [2.05, 4.69) is 48.1 Å². The lowest BCUT2D eigenvalue weighted by Gasteiger charge is -2.42. The number of aromatic nitrogens is 1. The Labute approximate surface area is 123 Å². The molecule has 1 fully saturated rings. The zero-order valence-corrected chi connectivity index (χ0v) is 13.2. The molecule has 1 aromatic heterocycles. The lowest BCUT2D eigenvalue weighted by Crippen LogP contribution is -2.57. The molecule has 1 N–H and O–H groups in total. The highest BCUT2D eigenvalue weighted by molar-refractivity contribution is 5.10. The van der Waals surface area contributed by atoms with E-state index in [1.165, 1.54) is 31.4 Å². The Kier molecular flexibility index (Phi) is 5.99. The molecule has 3 heteroatoms. The number of nitrogens with zero attached hydrogens (tertiary/aromatic N) is 2. The molecule has 0 bridgehead atoms. The highest BCUT2D eigenvalue weighted by atomic mass is 15.2. The van der Waals surface area contributed by atoms with Gasteiger partial charge in [0.25, 0.3) is 0 Å². The normalized spacial score (nSPS) is 25.6. The van der Waals surface area contributed by atoms with E-state index in [4.69, 9.17) is 0 Å². The third kappa shape index (κ3) is 4.03. The van der Waals surface area contributed by atoms with Gasteiger partial charge >= 0.3 is 0 Å². The lowest BCUT2D eigenvalue weighted by molar-refractivity contribution is 0.0960. The number of hydrogen-bond acceptors (Lipinski definition) is 3. The van der Waals surface area contributed by atoms with E-state index in [1.807, 2.05) is 12.4 Å². The second kappa shape index (κ2) is 7.75. The number of hydrogen-bond donors (Lipinski definition) is 1. The van der Waals surface area contributed by atoms with Crippen molar-refractivity contribution in [3.63, 3.8) is 0 Å². The van der Waals surface area contributed by atoms with Crippen LogP contribution < -0.4 is 5.32 Å². The molecular formula is C17H29N3. The third-order valence-electron chi connectivity index (χ3n) is 4.65. The van der Waals surface area contributed by atoms with Gasteiger partial charge in [0.15, 0.2) is 0 Å². The van der Waals surface area contributed by atoms with Crippen molar-refractivity contribution in [1.29, 1.82) is 0 Å². The predicted molar refractivity (Wildman–Crippen MR) is 84.6 cm³/mol. The highest BCUT2D eigenvalue weighted by Crippen LogP contribution is 2.20. The minimum Gasteiger partial charge on any atom is -0.311 e. The summed E-state index contributed by atoms with van der Waals surface area (Å²) in [5, 5.41) is 3.77. The number of pyridine rings is 1. The maximum Gasteiger partial charge on any atom is 0.0271 e. The quantitative estimate of drug-likeness (QED) is 0.865. The van der Waals surface area contributed by atoms with Gasteiger partial charge in [-0.15, -0.1) is 0 Å². The maximum absolute atomic E-state index is 4.12. The first-order chi connectivity index (χ1) is 9.74. The summed E-state index contributed by atoms with van der Waals surface area (Å²) in [6, 6.07) is 5.59. The first-order valence-corrected chi connectivity index (χ1v) is 8.10. The molecule has 0 aliphatic carbocycles. The fourth-order valence-electron chi connectivity index (χ4n) is 3.08.